The van der Waals surface area contributed by atoms with E-state index in [1.54, 1.807) is 7.11 Å². The van der Waals surface area contributed by atoms with E-state index in [4.69, 9.17) is 4.74 Å². The van der Waals surface area contributed by atoms with Gasteiger partial charge in [-0.3, -0.25) is 0 Å². The monoisotopic (exact) mass is 273 g/mol. The van der Waals surface area contributed by atoms with E-state index in [1.807, 2.05) is 30.3 Å². The predicted molar refractivity (Wildman–Crippen MR) is 79.5 cm³/mol. The van der Waals surface area contributed by atoms with Crippen molar-refractivity contribution >= 4 is 0 Å². The zero-order valence-corrected chi connectivity index (χ0v) is 11.9. The Morgan fingerprint density at radius 2 is 1.80 bits per heavy atom. The SMILES string of the molecule is COc1ccccc1CCNC(C)c1ccc(F)cc1. The van der Waals surface area contributed by atoms with Crippen molar-refractivity contribution in [2.45, 2.75) is 19.4 Å². The van der Waals surface area contributed by atoms with Crippen molar-refractivity contribution in [3.63, 3.8) is 0 Å². The van der Waals surface area contributed by atoms with Crippen LogP contribution in [0.4, 0.5) is 4.39 Å². The standard InChI is InChI=1S/C17H20FNO/c1-13(14-7-9-16(18)10-8-14)19-12-11-15-5-3-4-6-17(15)20-2/h3-10,13,19H,11-12H2,1-2H3. The third kappa shape index (κ3) is 3.81. The summed E-state index contributed by atoms with van der Waals surface area (Å²) in [6.45, 7) is 2.92. The molecule has 1 atom stereocenters. The first-order valence-electron chi connectivity index (χ1n) is 6.81. The number of ether oxygens (including phenoxy) is 1. The molecule has 1 N–H and O–H groups in total. The van der Waals surface area contributed by atoms with E-state index < -0.39 is 0 Å². The molecule has 1 unspecified atom stereocenters. The Morgan fingerprint density at radius 3 is 2.50 bits per heavy atom. The van der Waals surface area contributed by atoms with Gasteiger partial charge in [0.2, 0.25) is 0 Å². The zero-order chi connectivity index (χ0) is 14.4. The fourth-order valence-electron chi connectivity index (χ4n) is 2.20. The highest BCUT2D eigenvalue weighted by Crippen LogP contribution is 2.18. The van der Waals surface area contributed by atoms with Gasteiger partial charge in [0.15, 0.2) is 0 Å². The first kappa shape index (κ1) is 14.5. The second-order valence-electron chi connectivity index (χ2n) is 4.79. The summed E-state index contributed by atoms with van der Waals surface area (Å²) in [5.41, 5.74) is 2.28. The summed E-state index contributed by atoms with van der Waals surface area (Å²) in [5, 5.41) is 3.44. The van der Waals surface area contributed by atoms with Crippen LogP contribution in [-0.4, -0.2) is 13.7 Å². The predicted octanol–water partition coefficient (Wildman–Crippen LogP) is 3.73. The van der Waals surface area contributed by atoms with Crippen LogP contribution in [0.3, 0.4) is 0 Å². The number of hydrogen-bond acceptors (Lipinski definition) is 2. The van der Waals surface area contributed by atoms with Crippen LogP contribution in [0, 0.1) is 5.82 Å². The molecule has 0 saturated heterocycles. The molecule has 2 nitrogen and oxygen atoms in total. The molecular weight excluding hydrogens is 253 g/mol. The van der Waals surface area contributed by atoms with E-state index in [9.17, 15) is 4.39 Å². The van der Waals surface area contributed by atoms with Crippen LogP contribution < -0.4 is 10.1 Å². The second kappa shape index (κ2) is 7.06. The first-order valence-corrected chi connectivity index (χ1v) is 6.81. The fraction of sp³-hybridized carbons (Fsp3) is 0.294. The van der Waals surface area contributed by atoms with Gasteiger partial charge in [-0.05, 0) is 49.2 Å². The number of hydrogen-bond donors (Lipinski definition) is 1. The van der Waals surface area contributed by atoms with Gasteiger partial charge in [-0.25, -0.2) is 4.39 Å². The molecule has 0 aliphatic heterocycles. The van der Waals surface area contributed by atoms with Crippen LogP contribution >= 0.6 is 0 Å². The minimum Gasteiger partial charge on any atom is -0.496 e. The molecule has 0 aliphatic carbocycles. The molecule has 2 rings (SSSR count). The molecule has 2 aromatic rings. The zero-order valence-electron chi connectivity index (χ0n) is 11.9. The molecule has 106 valence electrons. The number of nitrogens with one attached hydrogen (secondary N) is 1. The lowest BCUT2D eigenvalue weighted by Gasteiger charge is -2.15. The normalized spacial score (nSPS) is 12.2. The molecule has 0 heterocycles. The van der Waals surface area contributed by atoms with E-state index in [2.05, 4.69) is 18.3 Å². The van der Waals surface area contributed by atoms with Gasteiger partial charge in [0, 0.05) is 6.04 Å². The van der Waals surface area contributed by atoms with Gasteiger partial charge >= 0.3 is 0 Å². The van der Waals surface area contributed by atoms with Crippen molar-refractivity contribution in [2.24, 2.45) is 0 Å². The van der Waals surface area contributed by atoms with E-state index in [-0.39, 0.29) is 11.9 Å². The van der Waals surface area contributed by atoms with Gasteiger partial charge < -0.3 is 10.1 Å². The van der Waals surface area contributed by atoms with Gasteiger partial charge in [0.05, 0.1) is 7.11 Å². The van der Waals surface area contributed by atoms with Crippen molar-refractivity contribution in [3.8, 4) is 5.75 Å². The highest BCUT2D eigenvalue weighted by atomic mass is 19.1. The van der Waals surface area contributed by atoms with Crippen LogP contribution in [-0.2, 0) is 6.42 Å². The average Bonchev–Trinajstić information content (AvgIpc) is 2.48. The van der Waals surface area contributed by atoms with Crippen LogP contribution in [0.5, 0.6) is 5.75 Å². The van der Waals surface area contributed by atoms with Crippen molar-refractivity contribution in [1.29, 1.82) is 0 Å². The van der Waals surface area contributed by atoms with Crippen molar-refractivity contribution in [2.75, 3.05) is 13.7 Å². The fourth-order valence-corrected chi connectivity index (χ4v) is 2.20. The highest BCUT2D eigenvalue weighted by Gasteiger charge is 2.06. The number of halogens is 1. The van der Waals surface area contributed by atoms with Crippen LogP contribution in [0.25, 0.3) is 0 Å². The summed E-state index contributed by atoms with van der Waals surface area (Å²) in [7, 11) is 1.69. The maximum absolute atomic E-state index is 12.9. The van der Waals surface area contributed by atoms with Gasteiger partial charge in [0.1, 0.15) is 11.6 Å². The summed E-state index contributed by atoms with van der Waals surface area (Å²) in [6, 6.07) is 14.8. The number of para-hydroxylation sites is 1. The minimum absolute atomic E-state index is 0.199. The van der Waals surface area contributed by atoms with Crippen LogP contribution in [0.15, 0.2) is 48.5 Å². The van der Waals surface area contributed by atoms with Crippen molar-refractivity contribution in [3.05, 3.63) is 65.5 Å². The summed E-state index contributed by atoms with van der Waals surface area (Å²) >= 11 is 0. The Hall–Kier alpha value is -1.87. The van der Waals surface area contributed by atoms with Gasteiger partial charge in [-0.1, -0.05) is 30.3 Å². The van der Waals surface area contributed by atoms with E-state index in [1.165, 1.54) is 17.7 Å². The second-order valence-corrected chi connectivity index (χ2v) is 4.79. The molecule has 0 saturated carbocycles. The molecular formula is C17H20FNO. The van der Waals surface area contributed by atoms with Gasteiger partial charge in [-0.2, -0.15) is 0 Å². The molecule has 0 bridgehead atoms. The maximum atomic E-state index is 12.9. The van der Waals surface area contributed by atoms with Crippen LogP contribution in [0.2, 0.25) is 0 Å². The van der Waals surface area contributed by atoms with Gasteiger partial charge in [-0.15, -0.1) is 0 Å². The van der Waals surface area contributed by atoms with E-state index in [0.717, 1.165) is 24.3 Å². The summed E-state index contributed by atoms with van der Waals surface area (Å²) in [5.74, 6) is 0.721. The quantitative estimate of drug-likeness (QED) is 0.866. The minimum atomic E-state index is -0.199. The lowest BCUT2D eigenvalue weighted by molar-refractivity contribution is 0.408. The Labute approximate surface area is 119 Å². The molecule has 20 heavy (non-hydrogen) atoms. The van der Waals surface area contributed by atoms with E-state index >= 15 is 0 Å². The molecule has 0 aromatic heterocycles. The van der Waals surface area contributed by atoms with Gasteiger partial charge in [0.25, 0.3) is 0 Å². The Kier molecular flexibility index (Phi) is 5.13. The Morgan fingerprint density at radius 1 is 1.10 bits per heavy atom. The topological polar surface area (TPSA) is 21.3 Å². The third-order valence-corrected chi connectivity index (χ3v) is 3.41. The molecule has 0 aliphatic rings. The maximum Gasteiger partial charge on any atom is 0.123 e. The molecule has 0 fully saturated rings. The first-order chi connectivity index (χ1) is 9.70. The molecule has 0 amide bonds. The Bertz CT molecular complexity index is 539. The Balaban J connectivity index is 1.87. The lowest BCUT2D eigenvalue weighted by atomic mass is 10.1. The summed E-state index contributed by atoms with van der Waals surface area (Å²) in [6.07, 6.45) is 0.898. The summed E-state index contributed by atoms with van der Waals surface area (Å²) < 4.78 is 18.2. The lowest BCUT2D eigenvalue weighted by Crippen LogP contribution is -2.21. The number of benzene rings is 2. The molecule has 2 aromatic carbocycles. The highest BCUT2D eigenvalue weighted by molar-refractivity contribution is 5.33. The van der Waals surface area contributed by atoms with Crippen LogP contribution in [0.1, 0.15) is 24.1 Å². The smallest absolute Gasteiger partial charge is 0.123 e. The number of rotatable bonds is 6. The molecule has 0 radical (unpaired) electrons. The molecule has 3 heteroatoms. The molecule has 0 spiro atoms. The number of methoxy groups -OCH3 is 1. The largest absolute Gasteiger partial charge is 0.496 e. The van der Waals surface area contributed by atoms with Crippen molar-refractivity contribution in [1.82, 2.24) is 5.32 Å². The van der Waals surface area contributed by atoms with E-state index in [0.29, 0.717) is 0 Å². The van der Waals surface area contributed by atoms with Crippen molar-refractivity contribution < 1.29 is 9.13 Å². The third-order valence-electron chi connectivity index (χ3n) is 3.41. The average molecular weight is 273 g/mol. The summed E-state index contributed by atoms with van der Waals surface area (Å²) in [4.78, 5) is 0.